The van der Waals surface area contributed by atoms with Gasteiger partial charge < -0.3 is 20.5 Å². The molecule has 0 radical (unpaired) electrons. The van der Waals surface area contributed by atoms with E-state index in [0.717, 1.165) is 23.3 Å². The van der Waals surface area contributed by atoms with E-state index in [2.05, 4.69) is 24.5 Å². The average molecular weight is 294 g/mol. The van der Waals surface area contributed by atoms with Crippen molar-refractivity contribution in [3.63, 3.8) is 0 Å². The third kappa shape index (κ3) is 6.04. The summed E-state index contributed by atoms with van der Waals surface area (Å²) in [5.74, 6) is 1.26. The van der Waals surface area contributed by atoms with Crippen LogP contribution in [-0.2, 0) is 6.54 Å². The Morgan fingerprint density at radius 2 is 2.10 bits per heavy atom. The largest absolute Gasteiger partial charge is 0.496 e. The summed E-state index contributed by atoms with van der Waals surface area (Å²) in [6.45, 7) is 6.47. The Bertz CT molecular complexity index is 461. The van der Waals surface area contributed by atoms with Crippen LogP contribution in [0.5, 0.6) is 5.75 Å². The fourth-order valence-corrected chi connectivity index (χ4v) is 2.22. The van der Waals surface area contributed by atoms with E-state index < -0.39 is 0 Å². The van der Waals surface area contributed by atoms with E-state index in [-0.39, 0.29) is 18.7 Å². The molecule has 0 saturated carbocycles. The SMILES string of the molecule is COc1ccc(CNC(=O)NC(CO)CC(C)C)cc1C. The van der Waals surface area contributed by atoms with Gasteiger partial charge in [0.1, 0.15) is 5.75 Å². The molecule has 5 heteroatoms. The molecule has 0 saturated heterocycles. The van der Waals surface area contributed by atoms with Crippen molar-refractivity contribution in [1.29, 1.82) is 0 Å². The standard InChI is InChI=1S/C16H26N2O3/c1-11(2)7-14(10-19)18-16(20)17-9-13-5-6-15(21-4)12(3)8-13/h5-6,8,11,14,19H,7,9-10H2,1-4H3,(H2,17,18,20). The molecule has 0 heterocycles. The van der Waals surface area contributed by atoms with Crippen LogP contribution in [0.1, 0.15) is 31.4 Å². The van der Waals surface area contributed by atoms with Crippen LogP contribution in [0.15, 0.2) is 18.2 Å². The van der Waals surface area contributed by atoms with Gasteiger partial charge >= 0.3 is 6.03 Å². The normalized spacial score (nSPS) is 12.1. The van der Waals surface area contributed by atoms with E-state index in [1.807, 2.05) is 25.1 Å². The van der Waals surface area contributed by atoms with Gasteiger partial charge in [0.25, 0.3) is 0 Å². The molecule has 3 N–H and O–H groups in total. The lowest BCUT2D eigenvalue weighted by molar-refractivity contribution is 0.206. The van der Waals surface area contributed by atoms with E-state index in [1.54, 1.807) is 7.11 Å². The van der Waals surface area contributed by atoms with Crippen LogP contribution >= 0.6 is 0 Å². The molecule has 0 aliphatic heterocycles. The number of methoxy groups -OCH3 is 1. The monoisotopic (exact) mass is 294 g/mol. The van der Waals surface area contributed by atoms with Crippen molar-refractivity contribution in [2.24, 2.45) is 5.92 Å². The molecular weight excluding hydrogens is 268 g/mol. The van der Waals surface area contributed by atoms with E-state index in [9.17, 15) is 9.90 Å². The van der Waals surface area contributed by atoms with Crippen LogP contribution in [0.25, 0.3) is 0 Å². The summed E-state index contributed by atoms with van der Waals surface area (Å²) < 4.78 is 5.20. The molecule has 0 aliphatic carbocycles. The topological polar surface area (TPSA) is 70.6 Å². The second kappa shape index (κ2) is 8.52. The van der Waals surface area contributed by atoms with Crippen molar-refractivity contribution >= 4 is 6.03 Å². The molecule has 1 unspecified atom stereocenters. The number of carbonyl (C=O) groups is 1. The van der Waals surface area contributed by atoms with Crippen LogP contribution in [0, 0.1) is 12.8 Å². The fraction of sp³-hybridized carbons (Fsp3) is 0.562. The molecule has 5 nitrogen and oxygen atoms in total. The van der Waals surface area contributed by atoms with Gasteiger partial charge in [-0.2, -0.15) is 0 Å². The molecule has 1 atom stereocenters. The van der Waals surface area contributed by atoms with Crippen LogP contribution in [0.2, 0.25) is 0 Å². The highest BCUT2D eigenvalue weighted by Gasteiger charge is 2.12. The van der Waals surface area contributed by atoms with Gasteiger partial charge in [0, 0.05) is 6.54 Å². The highest BCUT2D eigenvalue weighted by atomic mass is 16.5. The highest BCUT2D eigenvalue weighted by molar-refractivity contribution is 5.74. The highest BCUT2D eigenvalue weighted by Crippen LogP contribution is 2.18. The Hall–Kier alpha value is -1.75. The molecule has 21 heavy (non-hydrogen) atoms. The van der Waals surface area contributed by atoms with E-state index in [4.69, 9.17) is 4.74 Å². The smallest absolute Gasteiger partial charge is 0.315 e. The number of hydrogen-bond acceptors (Lipinski definition) is 3. The molecule has 1 aromatic carbocycles. The zero-order chi connectivity index (χ0) is 15.8. The molecule has 118 valence electrons. The van der Waals surface area contributed by atoms with Crippen LogP contribution < -0.4 is 15.4 Å². The van der Waals surface area contributed by atoms with Crippen molar-refractivity contribution in [2.75, 3.05) is 13.7 Å². The first-order valence-electron chi connectivity index (χ1n) is 7.25. The molecule has 0 bridgehead atoms. The van der Waals surface area contributed by atoms with Crippen molar-refractivity contribution < 1.29 is 14.6 Å². The van der Waals surface area contributed by atoms with Crippen molar-refractivity contribution in [3.8, 4) is 5.75 Å². The minimum absolute atomic E-state index is 0.0484. The van der Waals surface area contributed by atoms with E-state index >= 15 is 0 Å². The predicted octanol–water partition coefficient (Wildman–Crippen LogP) is 2.21. The molecular formula is C16H26N2O3. The lowest BCUT2D eigenvalue weighted by Gasteiger charge is -2.18. The predicted molar refractivity (Wildman–Crippen MR) is 83.4 cm³/mol. The number of amides is 2. The molecule has 0 fully saturated rings. The number of nitrogens with one attached hydrogen (secondary N) is 2. The van der Waals surface area contributed by atoms with Gasteiger partial charge in [-0.3, -0.25) is 0 Å². The van der Waals surface area contributed by atoms with Gasteiger partial charge in [-0.25, -0.2) is 4.79 Å². The first kappa shape index (κ1) is 17.3. The Kier molecular flexibility index (Phi) is 7.02. The fourth-order valence-electron chi connectivity index (χ4n) is 2.22. The first-order chi connectivity index (χ1) is 9.96. The summed E-state index contributed by atoms with van der Waals surface area (Å²) in [5.41, 5.74) is 2.04. The average Bonchev–Trinajstić information content (AvgIpc) is 2.44. The molecule has 2 amide bonds. The zero-order valence-corrected chi connectivity index (χ0v) is 13.3. The third-order valence-corrected chi connectivity index (χ3v) is 3.22. The second-order valence-electron chi connectivity index (χ2n) is 5.64. The maximum Gasteiger partial charge on any atom is 0.315 e. The summed E-state index contributed by atoms with van der Waals surface area (Å²) in [6, 6.07) is 5.32. The van der Waals surface area contributed by atoms with Crippen LogP contribution in [-0.4, -0.2) is 30.9 Å². The Balaban J connectivity index is 2.47. The molecule has 0 aromatic heterocycles. The number of hydrogen-bond donors (Lipinski definition) is 3. The number of aliphatic hydroxyl groups excluding tert-OH is 1. The summed E-state index contributed by atoms with van der Waals surface area (Å²) in [5, 5.41) is 14.8. The minimum Gasteiger partial charge on any atom is -0.496 e. The lowest BCUT2D eigenvalue weighted by atomic mass is 10.0. The molecule has 0 spiro atoms. The van der Waals surface area contributed by atoms with Gasteiger partial charge in [0.15, 0.2) is 0 Å². The van der Waals surface area contributed by atoms with E-state index in [0.29, 0.717) is 12.5 Å². The van der Waals surface area contributed by atoms with Gasteiger partial charge in [0.05, 0.1) is 19.8 Å². The van der Waals surface area contributed by atoms with Gasteiger partial charge in [-0.1, -0.05) is 26.0 Å². The zero-order valence-electron chi connectivity index (χ0n) is 13.3. The number of ether oxygens (including phenoxy) is 1. The Morgan fingerprint density at radius 1 is 1.38 bits per heavy atom. The van der Waals surface area contributed by atoms with Gasteiger partial charge in [-0.15, -0.1) is 0 Å². The number of aryl methyl sites for hydroxylation is 1. The summed E-state index contributed by atoms with van der Waals surface area (Å²) in [7, 11) is 1.64. The van der Waals surface area contributed by atoms with Crippen molar-refractivity contribution in [2.45, 2.75) is 39.8 Å². The second-order valence-corrected chi connectivity index (χ2v) is 5.64. The summed E-state index contributed by atoms with van der Waals surface area (Å²) >= 11 is 0. The van der Waals surface area contributed by atoms with Crippen LogP contribution in [0.4, 0.5) is 4.79 Å². The number of urea groups is 1. The van der Waals surface area contributed by atoms with Gasteiger partial charge in [0.2, 0.25) is 0 Å². The van der Waals surface area contributed by atoms with Crippen LogP contribution in [0.3, 0.4) is 0 Å². The maximum atomic E-state index is 11.8. The van der Waals surface area contributed by atoms with Gasteiger partial charge in [-0.05, 0) is 36.5 Å². The molecule has 1 rings (SSSR count). The third-order valence-electron chi connectivity index (χ3n) is 3.22. The Labute approximate surface area is 126 Å². The first-order valence-corrected chi connectivity index (χ1v) is 7.25. The number of rotatable bonds is 7. The van der Waals surface area contributed by atoms with Crippen molar-refractivity contribution in [1.82, 2.24) is 10.6 Å². The lowest BCUT2D eigenvalue weighted by Crippen LogP contribution is -2.44. The number of aliphatic hydroxyl groups is 1. The molecule has 1 aromatic rings. The quantitative estimate of drug-likeness (QED) is 0.722. The number of carbonyl (C=O) groups excluding carboxylic acids is 1. The maximum absolute atomic E-state index is 11.8. The molecule has 0 aliphatic rings. The van der Waals surface area contributed by atoms with Crippen molar-refractivity contribution in [3.05, 3.63) is 29.3 Å². The summed E-state index contributed by atoms with van der Waals surface area (Å²) in [6.07, 6.45) is 0.756. The summed E-state index contributed by atoms with van der Waals surface area (Å²) in [4.78, 5) is 11.8. The minimum atomic E-state index is -0.261. The van der Waals surface area contributed by atoms with E-state index in [1.165, 1.54) is 0 Å². The Morgan fingerprint density at radius 3 is 2.62 bits per heavy atom. The number of benzene rings is 1.